The van der Waals surface area contributed by atoms with Gasteiger partial charge < -0.3 is 15.4 Å². The highest BCUT2D eigenvalue weighted by Gasteiger charge is 2.21. The summed E-state index contributed by atoms with van der Waals surface area (Å²) in [4.78, 5) is 11.6. The number of benzene rings is 1. The molecule has 0 heterocycles. The van der Waals surface area contributed by atoms with Crippen molar-refractivity contribution in [2.75, 3.05) is 25.0 Å². The van der Waals surface area contributed by atoms with Crippen LogP contribution in [0.5, 0.6) is 5.75 Å². The average molecular weight is 262 g/mol. The van der Waals surface area contributed by atoms with Crippen molar-refractivity contribution in [2.45, 2.75) is 26.2 Å². The number of carbonyl (C=O) groups excluding carboxylic acids is 1. The van der Waals surface area contributed by atoms with E-state index in [0.29, 0.717) is 6.54 Å². The largest absolute Gasteiger partial charge is 0.494 e. The zero-order valence-corrected chi connectivity index (χ0v) is 11.4. The molecule has 0 bridgehead atoms. The molecule has 1 aliphatic rings. The molecule has 4 nitrogen and oxygen atoms in total. The Balaban J connectivity index is 1.67. The number of anilines is 1. The van der Waals surface area contributed by atoms with Gasteiger partial charge in [-0.2, -0.15) is 0 Å². The van der Waals surface area contributed by atoms with Crippen LogP contribution in [-0.4, -0.2) is 25.6 Å². The molecule has 1 aliphatic carbocycles. The molecule has 0 saturated heterocycles. The predicted octanol–water partition coefficient (Wildman–Crippen LogP) is 2.41. The van der Waals surface area contributed by atoms with E-state index in [1.807, 2.05) is 24.3 Å². The topological polar surface area (TPSA) is 50.4 Å². The first-order valence-corrected chi connectivity index (χ1v) is 7.01. The summed E-state index contributed by atoms with van der Waals surface area (Å²) in [5.41, 5.74) is 0.936. The highest BCUT2D eigenvalue weighted by Crippen LogP contribution is 2.27. The lowest BCUT2D eigenvalue weighted by molar-refractivity contribution is -0.119. The van der Waals surface area contributed by atoms with Crippen LogP contribution in [0.15, 0.2) is 24.3 Å². The normalized spacial score (nSPS) is 13.9. The molecule has 0 spiro atoms. The van der Waals surface area contributed by atoms with Gasteiger partial charge in [-0.3, -0.25) is 4.79 Å². The maximum Gasteiger partial charge on any atom is 0.239 e. The fourth-order valence-electron chi connectivity index (χ4n) is 1.71. The standard InChI is InChI=1S/C15H22N2O2/c1-2-9-19-14-7-5-13(6-8-14)16-11-15(18)17-10-12-3-4-12/h5-8,12,16H,2-4,9-11H2,1H3,(H,17,18). The summed E-state index contributed by atoms with van der Waals surface area (Å²) in [7, 11) is 0. The summed E-state index contributed by atoms with van der Waals surface area (Å²) >= 11 is 0. The van der Waals surface area contributed by atoms with Crippen LogP contribution in [0.25, 0.3) is 0 Å². The molecule has 1 aromatic rings. The van der Waals surface area contributed by atoms with E-state index in [-0.39, 0.29) is 5.91 Å². The number of carbonyl (C=O) groups is 1. The molecule has 2 N–H and O–H groups in total. The molecule has 0 aliphatic heterocycles. The van der Waals surface area contributed by atoms with E-state index in [1.165, 1.54) is 12.8 Å². The van der Waals surface area contributed by atoms with Gasteiger partial charge in [0.25, 0.3) is 0 Å². The molecule has 1 saturated carbocycles. The average Bonchev–Trinajstić information content (AvgIpc) is 3.26. The number of ether oxygens (including phenoxy) is 1. The van der Waals surface area contributed by atoms with E-state index >= 15 is 0 Å². The SMILES string of the molecule is CCCOc1ccc(NCC(=O)NCC2CC2)cc1. The third-order valence-electron chi connectivity index (χ3n) is 3.07. The lowest BCUT2D eigenvalue weighted by Crippen LogP contribution is -2.31. The number of hydrogen-bond acceptors (Lipinski definition) is 3. The molecule has 19 heavy (non-hydrogen) atoms. The maximum absolute atomic E-state index is 11.6. The second-order valence-electron chi connectivity index (χ2n) is 4.97. The Bertz CT molecular complexity index is 399. The van der Waals surface area contributed by atoms with E-state index in [4.69, 9.17) is 4.74 Å². The summed E-state index contributed by atoms with van der Waals surface area (Å²) in [5.74, 6) is 1.64. The van der Waals surface area contributed by atoms with Crippen molar-refractivity contribution in [3.8, 4) is 5.75 Å². The maximum atomic E-state index is 11.6. The van der Waals surface area contributed by atoms with Crippen molar-refractivity contribution in [1.82, 2.24) is 5.32 Å². The molecular formula is C15H22N2O2. The highest BCUT2D eigenvalue weighted by atomic mass is 16.5. The van der Waals surface area contributed by atoms with E-state index < -0.39 is 0 Å². The van der Waals surface area contributed by atoms with Crippen LogP contribution in [0, 0.1) is 5.92 Å². The molecule has 0 unspecified atom stereocenters. The zero-order chi connectivity index (χ0) is 13.5. The fourth-order valence-corrected chi connectivity index (χ4v) is 1.71. The number of amides is 1. The molecule has 1 amide bonds. The van der Waals surface area contributed by atoms with Gasteiger partial charge in [-0.25, -0.2) is 0 Å². The summed E-state index contributed by atoms with van der Waals surface area (Å²) in [5, 5.41) is 6.03. The lowest BCUT2D eigenvalue weighted by atomic mass is 10.3. The van der Waals surface area contributed by atoms with Gasteiger partial charge in [0.15, 0.2) is 0 Å². The molecule has 0 atom stereocenters. The molecule has 0 radical (unpaired) electrons. The molecule has 0 aromatic heterocycles. The number of hydrogen-bond donors (Lipinski definition) is 2. The van der Waals surface area contributed by atoms with Gasteiger partial charge >= 0.3 is 0 Å². The van der Waals surface area contributed by atoms with Crippen molar-refractivity contribution >= 4 is 11.6 Å². The minimum atomic E-state index is 0.0539. The second-order valence-corrected chi connectivity index (χ2v) is 4.97. The zero-order valence-electron chi connectivity index (χ0n) is 11.4. The van der Waals surface area contributed by atoms with Crippen LogP contribution in [0.4, 0.5) is 5.69 Å². The third kappa shape index (κ3) is 5.20. The van der Waals surface area contributed by atoms with Crippen molar-refractivity contribution < 1.29 is 9.53 Å². The third-order valence-corrected chi connectivity index (χ3v) is 3.07. The van der Waals surface area contributed by atoms with Gasteiger partial charge in [0, 0.05) is 12.2 Å². The van der Waals surface area contributed by atoms with Gasteiger partial charge in [-0.1, -0.05) is 6.92 Å². The van der Waals surface area contributed by atoms with Crippen LogP contribution in [0.3, 0.4) is 0 Å². The van der Waals surface area contributed by atoms with Crippen molar-refractivity contribution in [1.29, 1.82) is 0 Å². The van der Waals surface area contributed by atoms with Gasteiger partial charge in [0.1, 0.15) is 5.75 Å². The molecule has 2 rings (SSSR count). The van der Waals surface area contributed by atoms with Crippen molar-refractivity contribution in [3.05, 3.63) is 24.3 Å². The fraction of sp³-hybridized carbons (Fsp3) is 0.533. The van der Waals surface area contributed by atoms with Gasteiger partial charge in [0.05, 0.1) is 13.2 Å². The van der Waals surface area contributed by atoms with Gasteiger partial charge in [0.2, 0.25) is 5.91 Å². The van der Waals surface area contributed by atoms with E-state index in [0.717, 1.165) is 36.9 Å². The summed E-state index contributed by atoms with van der Waals surface area (Å²) in [6.07, 6.45) is 3.51. The van der Waals surface area contributed by atoms with E-state index in [1.54, 1.807) is 0 Å². The summed E-state index contributed by atoms with van der Waals surface area (Å²) in [6.45, 7) is 3.96. The van der Waals surface area contributed by atoms with Crippen LogP contribution >= 0.6 is 0 Å². The van der Waals surface area contributed by atoms with E-state index in [9.17, 15) is 4.79 Å². The quantitative estimate of drug-likeness (QED) is 0.756. The first kappa shape index (κ1) is 13.7. The molecular weight excluding hydrogens is 240 g/mol. The first-order valence-electron chi connectivity index (χ1n) is 7.01. The Morgan fingerprint density at radius 1 is 1.32 bits per heavy atom. The highest BCUT2D eigenvalue weighted by molar-refractivity contribution is 5.80. The van der Waals surface area contributed by atoms with Crippen molar-refractivity contribution in [3.63, 3.8) is 0 Å². The summed E-state index contributed by atoms with van der Waals surface area (Å²) < 4.78 is 5.50. The predicted molar refractivity (Wildman–Crippen MR) is 76.5 cm³/mol. The molecule has 104 valence electrons. The Labute approximate surface area is 114 Å². The van der Waals surface area contributed by atoms with Gasteiger partial charge in [-0.15, -0.1) is 0 Å². The minimum absolute atomic E-state index is 0.0539. The molecule has 4 heteroatoms. The number of rotatable bonds is 8. The molecule has 1 aromatic carbocycles. The number of nitrogens with one attached hydrogen (secondary N) is 2. The van der Waals surface area contributed by atoms with Crippen LogP contribution in [0.1, 0.15) is 26.2 Å². The Hall–Kier alpha value is -1.71. The minimum Gasteiger partial charge on any atom is -0.494 e. The monoisotopic (exact) mass is 262 g/mol. The lowest BCUT2D eigenvalue weighted by Gasteiger charge is -2.09. The molecule has 1 fully saturated rings. The summed E-state index contributed by atoms with van der Waals surface area (Å²) in [6, 6.07) is 7.69. The van der Waals surface area contributed by atoms with E-state index in [2.05, 4.69) is 17.6 Å². The van der Waals surface area contributed by atoms with Crippen LogP contribution < -0.4 is 15.4 Å². The van der Waals surface area contributed by atoms with Crippen LogP contribution in [0.2, 0.25) is 0 Å². The first-order chi connectivity index (χ1) is 9.28. The Kier molecular flexibility index (Phi) is 5.07. The Morgan fingerprint density at radius 3 is 2.68 bits per heavy atom. The van der Waals surface area contributed by atoms with Gasteiger partial charge in [-0.05, 0) is 49.4 Å². The second kappa shape index (κ2) is 7.02. The smallest absolute Gasteiger partial charge is 0.239 e. The Morgan fingerprint density at radius 2 is 2.05 bits per heavy atom. The van der Waals surface area contributed by atoms with Crippen LogP contribution in [-0.2, 0) is 4.79 Å². The van der Waals surface area contributed by atoms with Crippen molar-refractivity contribution in [2.24, 2.45) is 5.92 Å².